The van der Waals surface area contributed by atoms with Gasteiger partial charge < -0.3 is 0 Å². The lowest BCUT2D eigenvalue weighted by molar-refractivity contribution is 0.647. The van der Waals surface area contributed by atoms with E-state index in [2.05, 4.69) is 395 Å². The third-order valence-corrected chi connectivity index (χ3v) is 25.6. The van der Waals surface area contributed by atoms with Gasteiger partial charge in [0.15, 0.2) is 0 Å². The summed E-state index contributed by atoms with van der Waals surface area (Å²) in [6, 6.07) is 128. The van der Waals surface area contributed by atoms with Gasteiger partial charge in [0.05, 0.1) is 0 Å². The van der Waals surface area contributed by atoms with Crippen LogP contribution in [0.25, 0.3) is 176 Å². The van der Waals surface area contributed by atoms with Crippen molar-refractivity contribution in [2.24, 2.45) is 0 Å². The Bertz CT molecular complexity index is 6920. The van der Waals surface area contributed by atoms with E-state index in [1.165, 1.54) is 220 Å². The van der Waals surface area contributed by atoms with E-state index in [0.717, 1.165) is 0 Å². The third-order valence-electron chi connectivity index (χ3n) is 25.6. The quantitative estimate of drug-likeness (QED) is 0.156. The summed E-state index contributed by atoms with van der Waals surface area (Å²) in [5, 5.41) is 15.2. The first kappa shape index (κ1) is 63.9. The van der Waals surface area contributed by atoms with E-state index in [4.69, 9.17) is 0 Å². The molecule has 4 aliphatic rings. The molecule has 512 valence electrons. The fraction of sp³-hybridized carbons (Fsp3) is 0.111. The molecule has 0 unspecified atom stereocenters. The van der Waals surface area contributed by atoms with Crippen LogP contribution in [0.5, 0.6) is 0 Å². The third kappa shape index (κ3) is 9.68. The first-order valence-corrected chi connectivity index (χ1v) is 38.5. The molecule has 0 fully saturated rings. The standard InChI is InChI=1S/2C54H40/c1-53(2)48-31-42(41-23-22-39-28-38(20-21-40(39)29-41)37-19-17-33-11-5-7-13-35(33)27-37)25-26-45(48)51-49(53)32-46(43-24-18-34-12-6-8-14-36(34)30-43)50-44-15-9-10-16-47(44)54(3,4)52(50)51;1-53(2)49-26-25-45-44-15-9-10-16-48(44)54(3,4)52(45)51(49)46-24-23-39(32-50(46)53)42-30-40-13-7-8-14-43(40)47(31-42)41-22-21-37-28-36(19-20-38(37)29-41)35-18-17-33-11-5-6-12-34(33)27-35/h2*5-32H,1-4H3. The summed E-state index contributed by atoms with van der Waals surface area (Å²) in [5.74, 6) is 0. The van der Waals surface area contributed by atoms with Crippen LogP contribution in [0.3, 0.4) is 0 Å². The molecule has 0 amide bonds. The maximum absolute atomic E-state index is 2.54. The van der Waals surface area contributed by atoms with Crippen molar-refractivity contribution in [3.63, 3.8) is 0 Å². The van der Waals surface area contributed by atoms with Crippen LogP contribution in [0.2, 0.25) is 0 Å². The van der Waals surface area contributed by atoms with Crippen LogP contribution in [0.15, 0.2) is 340 Å². The zero-order valence-corrected chi connectivity index (χ0v) is 62.3. The molecule has 0 radical (unpaired) electrons. The van der Waals surface area contributed by atoms with Crippen molar-refractivity contribution >= 4 is 64.6 Å². The predicted octanol–water partition coefficient (Wildman–Crippen LogP) is 29.5. The molecule has 0 heterocycles. The number of rotatable bonds is 6. The minimum absolute atomic E-state index is 0.0568. The second kappa shape index (κ2) is 23.5. The van der Waals surface area contributed by atoms with Gasteiger partial charge in [0.1, 0.15) is 0 Å². The number of hydrogen-bond donors (Lipinski definition) is 0. The second-order valence-corrected chi connectivity index (χ2v) is 33.1. The van der Waals surface area contributed by atoms with Crippen LogP contribution in [0, 0.1) is 0 Å². The van der Waals surface area contributed by atoms with Crippen molar-refractivity contribution in [2.45, 2.75) is 77.0 Å². The summed E-state index contributed by atoms with van der Waals surface area (Å²) in [6.45, 7) is 19.4. The van der Waals surface area contributed by atoms with Crippen molar-refractivity contribution in [2.75, 3.05) is 0 Å². The maximum atomic E-state index is 2.54. The van der Waals surface area contributed by atoms with Gasteiger partial charge in [0.25, 0.3) is 0 Å². The minimum Gasteiger partial charge on any atom is -0.0619 e. The fourth-order valence-electron chi connectivity index (χ4n) is 19.9. The molecule has 0 saturated heterocycles. The molecule has 0 atom stereocenters. The molecule has 18 aromatic carbocycles. The Kier molecular flexibility index (Phi) is 13.9. The average molecular weight is 1380 g/mol. The molecular weight excluding hydrogens is 1300 g/mol. The minimum atomic E-state index is -0.169. The summed E-state index contributed by atoms with van der Waals surface area (Å²) in [7, 11) is 0. The fourth-order valence-corrected chi connectivity index (χ4v) is 19.9. The molecule has 4 aliphatic carbocycles. The van der Waals surface area contributed by atoms with E-state index in [1.807, 2.05) is 0 Å². The Morgan fingerprint density at radius 2 is 0.472 bits per heavy atom. The number of hydrogen-bond acceptors (Lipinski definition) is 0. The van der Waals surface area contributed by atoms with E-state index in [1.54, 1.807) is 0 Å². The monoisotopic (exact) mass is 1380 g/mol. The number of benzene rings is 18. The molecular formula is C108H80. The topological polar surface area (TPSA) is 0 Å². The SMILES string of the molecule is CC1(C)c2cc(-c3cc(-c4ccc5cc(-c6ccc7ccccc7c6)ccc5c4)c4ccccc4c3)ccc2-c2c1ccc1c2C(C)(C)c2ccccc2-1.CC1(C)c2cc(-c3ccc4cc(-c5ccc6ccccc6c5)ccc4c3)ccc2-c2c1cc(-c1ccc3ccccc3c1)c1c2C(C)(C)c2ccccc2-1. The number of fused-ring (bicyclic) bond motifs is 20. The van der Waals surface area contributed by atoms with Crippen LogP contribution in [0.4, 0.5) is 0 Å². The molecule has 0 bridgehead atoms. The van der Waals surface area contributed by atoms with E-state index < -0.39 is 0 Å². The van der Waals surface area contributed by atoms with Crippen LogP contribution in [0.1, 0.15) is 99.9 Å². The second-order valence-electron chi connectivity index (χ2n) is 33.1. The molecule has 0 aliphatic heterocycles. The molecule has 0 spiro atoms. The predicted molar refractivity (Wildman–Crippen MR) is 461 cm³/mol. The molecule has 0 nitrogen and oxygen atoms in total. The maximum Gasteiger partial charge on any atom is 0.0165 e. The van der Waals surface area contributed by atoms with Crippen molar-refractivity contribution in [3.05, 3.63) is 384 Å². The average Bonchev–Trinajstić information content (AvgIpc) is 1.53. The van der Waals surface area contributed by atoms with Gasteiger partial charge in [-0.25, -0.2) is 0 Å². The summed E-state index contributed by atoms with van der Waals surface area (Å²) < 4.78 is 0. The first-order valence-electron chi connectivity index (χ1n) is 38.5. The van der Waals surface area contributed by atoms with E-state index in [9.17, 15) is 0 Å². The molecule has 0 aromatic heterocycles. The van der Waals surface area contributed by atoms with Crippen LogP contribution in [-0.2, 0) is 21.7 Å². The van der Waals surface area contributed by atoms with E-state index in [0.29, 0.717) is 0 Å². The van der Waals surface area contributed by atoms with Crippen molar-refractivity contribution in [1.29, 1.82) is 0 Å². The molecule has 0 heteroatoms. The summed E-state index contributed by atoms with van der Waals surface area (Å²) in [4.78, 5) is 0. The highest BCUT2D eigenvalue weighted by molar-refractivity contribution is 6.06. The van der Waals surface area contributed by atoms with Crippen molar-refractivity contribution in [1.82, 2.24) is 0 Å². The molecule has 22 rings (SSSR count). The lowest BCUT2D eigenvalue weighted by atomic mass is 9.75. The highest BCUT2D eigenvalue weighted by Gasteiger charge is 2.47. The van der Waals surface area contributed by atoms with Crippen LogP contribution < -0.4 is 0 Å². The zero-order chi connectivity index (χ0) is 72.7. The lowest BCUT2D eigenvalue weighted by Gasteiger charge is -2.27. The smallest absolute Gasteiger partial charge is 0.0165 e. The highest BCUT2D eigenvalue weighted by Crippen LogP contribution is 2.63. The van der Waals surface area contributed by atoms with Crippen LogP contribution in [-0.4, -0.2) is 0 Å². The largest absolute Gasteiger partial charge is 0.0619 e. The van der Waals surface area contributed by atoms with Gasteiger partial charge in [-0.3, -0.25) is 0 Å². The Morgan fingerprint density at radius 3 is 0.991 bits per heavy atom. The van der Waals surface area contributed by atoms with Gasteiger partial charge in [-0.1, -0.05) is 322 Å². The molecule has 0 N–H and O–H groups in total. The van der Waals surface area contributed by atoms with Gasteiger partial charge in [-0.15, -0.1) is 0 Å². The normalized spacial score (nSPS) is 14.6. The Morgan fingerprint density at radius 1 is 0.148 bits per heavy atom. The summed E-state index contributed by atoms with van der Waals surface area (Å²) >= 11 is 0. The van der Waals surface area contributed by atoms with Gasteiger partial charge in [-0.05, 0) is 293 Å². The zero-order valence-electron chi connectivity index (χ0n) is 62.3. The van der Waals surface area contributed by atoms with Crippen molar-refractivity contribution in [3.8, 4) is 111 Å². The molecule has 18 aromatic rings. The summed E-state index contributed by atoms with van der Waals surface area (Å²) in [5.41, 5.74) is 37.4. The Labute approximate surface area is 633 Å². The van der Waals surface area contributed by atoms with E-state index in [-0.39, 0.29) is 21.7 Å². The van der Waals surface area contributed by atoms with Gasteiger partial charge >= 0.3 is 0 Å². The molecule has 108 heavy (non-hydrogen) atoms. The lowest BCUT2D eigenvalue weighted by Crippen LogP contribution is -2.18. The van der Waals surface area contributed by atoms with Crippen LogP contribution >= 0.6 is 0 Å². The van der Waals surface area contributed by atoms with Gasteiger partial charge in [0.2, 0.25) is 0 Å². The Hall–Kier alpha value is -12.5. The first-order chi connectivity index (χ1) is 52.5. The van der Waals surface area contributed by atoms with Gasteiger partial charge in [0, 0.05) is 21.7 Å². The van der Waals surface area contributed by atoms with E-state index >= 15 is 0 Å². The van der Waals surface area contributed by atoms with Gasteiger partial charge in [-0.2, -0.15) is 0 Å². The molecule has 0 saturated carbocycles. The highest BCUT2D eigenvalue weighted by atomic mass is 14.5. The Balaban J connectivity index is 0.000000138. The summed E-state index contributed by atoms with van der Waals surface area (Å²) in [6.07, 6.45) is 0. The van der Waals surface area contributed by atoms with Crippen molar-refractivity contribution < 1.29 is 0 Å².